The number of carbonyl (C=O) groups excluding carboxylic acids is 1. The van der Waals surface area contributed by atoms with Crippen LogP contribution in [-0.2, 0) is 0 Å². The van der Waals surface area contributed by atoms with Crippen LogP contribution in [0.3, 0.4) is 0 Å². The average molecular weight is 417 g/mol. The first-order chi connectivity index (χ1) is 14.5. The zero-order chi connectivity index (χ0) is 20.8. The molecule has 0 saturated heterocycles. The second kappa shape index (κ2) is 7.04. The molecule has 5 rings (SSSR count). The van der Waals surface area contributed by atoms with Gasteiger partial charge in [-0.15, -0.1) is 0 Å². The van der Waals surface area contributed by atoms with Crippen LogP contribution in [0.4, 0.5) is 5.69 Å². The van der Waals surface area contributed by atoms with Gasteiger partial charge in [-0.1, -0.05) is 35.9 Å². The second-order valence-electron chi connectivity index (χ2n) is 7.25. The predicted octanol–water partition coefficient (Wildman–Crippen LogP) is 6.76. The average Bonchev–Trinajstić information content (AvgIpc) is 3.33. The third-order valence-electron chi connectivity index (χ3n) is 4.92. The fourth-order valence-corrected chi connectivity index (χ4v) is 3.74. The first kappa shape index (κ1) is 18.5. The van der Waals surface area contributed by atoms with Crippen LogP contribution in [0.25, 0.3) is 33.5 Å². The van der Waals surface area contributed by atoms with Crippen molar-refractivity contribution >= 4 is 45.3 Å². The van der Waals surface area contributed by atoms with Gasteiger partial charge in [0.1, 0.15) is 11.1 Å². The maximum atomic E-state index is 12.7. The van der Waals surface area contributed by atoms with E-state index in [1.165, 1.54) is 0 Å². The number of amides is 1. The van der Waals surface area contributed by atoms with Crippen molar-refractivity contribution in [3.63, 3.8) is 0 Å². The van der Waals surface area contributed by atoms with Gasteiger partial charge >= 0.3 is 0 Å². The standard InChI is InChI=1S/C24H17ClN2O3/c1-13-9-14(2)22-19(10-13)27-24(30-22)17-12-16(7-8-18(17)25)26-23(28)21-11-15-5-3-4-6-20(15)29-21/h3-12H,1-2H3,(H,26,28). The zero-order valence-electron chi connectivity index (χ0n) is 16.3. The number of aryl methyl sites for hydroxylation is 2. The lowest BCUT2D eigenvalue weighted by Crippen LogP contribution is -2.10. The number of carbonyl (C=O) groups is 1. The van der Waals surface area contributed by atoms with Crippen LogP contribution in [0.5, 0.6) is 0 Å². The van der Waals surface area contributed by atoms with Gasteiger partial charge < -0.3 is 14.2 Å². The summed E-state index contributed by atoms with van der Waals surface area (Å²) in [5.41, 5.74) is 5.45. The number of nitrogens with one attached hydrogen (secondary N) is 1. The highest BCUT2D eigenvalue weighted by atomic mass is 35.5. The number of benzene rings is 3. The number of para-hydroxylation sites is 1. The SMILES string of the molecule is Cc1cc(C)c2oc(-c3cc(NC(=O)c4cc5ccccc5o4)ccc3Cl)nc2c1. The van der Waals surface area contributed by atoms with E-state index < -0.39 is 0 Å². The van der Waals surface area contributed by atoms with E-state index in [2.05, 4.69) is 10.3 Å². The second-order valence-corrected chi connectivity index (χ2v) is 7.65. The van der Waals surface area contributed by atoms with Crippen LogP contribution < -0.4 is 5.32 Å². The Bertz CT molecular complexity index is 1400. The molecule has 0 aliphatic rings. The van der Waals surface area contributed by atoms with Gasteiger partial charge in [-0.25, -0.2) is 4.98 Å². The van der Waals surface area contributed by atoms with Crippen molar-refractivity contribution in [2.75, 3.05) is 5.32 Å². The molecule has 0 radical (unpaired) electrons. The Balaban J connectivity index is 1.49. The molecule has 0 fully saturated rings. The molecule has 0 bridgehead atoms. The summed E-state index contributed by atoms with van der Waals surface area (Å²) in [7, 11) is 0. The largest absolute Gasteiger partial charge is 0.451 e. The van der Waals surface area contributed by atoms with E-state index in [4.69, 9.17) is 20.4 Å². The summed E-state index contributed by atoms with van der Waals surface area (Å²) in [4.78, 5) is 17.3. The van der Waals surface area contributed by atoms with Gasteiger partial charge in [-0.3, -0.25) is 4.79 Å². The number of anilines is 1. The van der Waals surface area contributed by atoms with Crippen molar-refractivity contribution in [2.24, 2.45) is 0 Å². The van der Waals surface area contributed by atoms with E-state index in [1.54, 1.807) is 24.3 Å². The quantitative estimate of drug-likeness (QED) is 0.352. The summed E-state index contributed by atoms with van der Waals surface area (Å²) in [5.74, 6) is 0.299. The van der Waals surface area contributed by atoms with Crippen LogP contribution in [0, 0.1) is 13.8 Å². The lowest BCUT2D eigenvalue weighted by Gasteiger charge is -2.06. The Morgan fingerprint density at radius 3 is 2.67 bits per heavy atom. The molecule has 0 unspecified atom stereocenters. The summed E-state index contributed by atoms with van der Waals surface area (Å²) in [5, 5.41) is 4.21. The van der Waals surface area contributed by atoms with Gasteiger partial charge in [0.25, 0.3) is 5.91 Å². The van der Waals surface area contributed by atoms with Crippen molar-refractivity contribution in [2.45, 2.75) is 13.8 Å². The van der Waals surface area contributed by atoms with Crippen molar-refractivity contribution in [1.29, 1.82) is 0 Å². The van der Waals surface area contributed by atoms with Crippen LogP contribution >= 0.6 is 11.6 Å². The van der Waals surface area contributed by atoms with Crippen LogP contribution in [0.2, 0.25) is 5.02 Å². The maximum absolute atomic E-state index is 12.7. The van der Waals surface area contributed by atoms with Gasteiger partial charge in [0.05, 0.1) is 10.6 Å². The Labute approximate surface area is 177 Å². The Morgan fingerprint density at radius 1 is 1.00 bits per heavy atom. The van der Waals surface area contributed by atoms with Gasteiger partial charge in [0.2, 0.25) is 5.89 Å². The molecule has 148 valence electrons. The molecular formula is C24H17ClN2O3. The number of furan rings is 1. The molecule has 1 amide bonds. The maximum Gasteiger partial charge on any atom is 0.291 e. The number of hydrogen-bond donors (Lipinski definition) is 1. The Hall–Kier alpha value is -3.57. The fourth-order valence-electron chi connectivity index (χ4n) is 3.55. The number of aromatic nitrogens is 1. The van der Waals surface area contributed by atoms with Crippen molar-refractivity contribution < 1.29 is 13.6 Å². The number of hydrogen-bond acceptors (Lipinski definition) is 4. The highest BCUT2D eigenvalue weighted by Gasteiger charge is 2.17. The molecule has 0 atom stereocenters. The van der Waals surface area contributed by atoms with E-state index in [0.717, 1.165) is 27.6 Å². The van der Waals surface area contributed by atoms with Gasteiger partial charge in [-0.05, 0) is 61.4 Å². The number of halogens is 1. The van der Waals surface area contributed by atoms with Gasteiger partial charge in [0.15, 0.2) is 11.3 Å². The van der Waals surface area contributed by atoms with Crippen molar-refractivity contribution in [3.8, 4) is 11.5 Å². The monoisotopic (exact) mass is 416 g/mol. The summed E-state index contributed by atoms with van der Waals surface area (Å²) in [6.45, 7) is 4.00. The third kappa shape index (κ3) is 3.23. The topological polar surface area (TPSA) is 68.3 Å². The highest BCUT2D eigenvalue weighted by Crippen LogP contribution is 2.33. The van der Waals surface area contributed by atoms with Crippen LogP contribution in [0.15, 0.2) is 69.5 Å². The lowest BCUT2D eigenvalue weighted by atomic mass is 10.1. The molecule has 2 aromatic heterocycles. The molecule has 0 saturated carbocycles. The Morgan fingerprint density at radius 2 is 1.83 bits per heavy atom. The van der Waals surface area contributed by atoms with E-state index in [9.17, 15) is 4.79 Å². The molecule has 0 spiro atoms. The summed E-state index contributed by atoms with van der Waals surface area (Å²) in [6.07, 6.45) is 0. The first-order valence-corrected chi connectivity index (χ1v) is 9.83. The molecule has 30 heavy (non-hydrogen) atoms. The molecular weight excluding hydrogens is 400 g/mol. The van der Waals surface area contributed by atoms with Gasteiger partial charge in [-0.2, -0.15) is 0 Å². The minimum atomic E-state index is -0.344. The van der Waals surface area contributed by atoms with Crippen LogP contribution in [0.1, 0.15) is 21.7 Å². The minimum Gasteiger partial charge on any atom is -0.451 e. The molecule has 1 N–H and O–H groups in total. The Kier molecular flexibility index (Phi) is 4.33. The number of fused-ring (bicyclic) bond motifs is 2. The highest BCUT2D eigenvalue weighted by molar-refractivity contribution is 6.33. The fraction of sp³-hybridized carbons (Fsp3) is 0.0833. The molecule has 6 heteroatoms. The molecule has 0 aliphatic carbocycles. The zero-order valence-corrected chi connectivity index (χ0v) is 17.1. The number of rotatable bonds is 3. The minimum absolute atomic E-state index is 0.237. The van der Waals surface area contributed by atoms with Crippen molar-refractivity contribution in [3.05, 3.63) is 82.6 Å². The normalized spacial score (nSPS) is 11.3. The molecule has 5 nitrogen and oxygen atoms in total. The van der Waals surface area contributed by atoms with E-state index in [1.807, 2.05) is 50.2 Å². The van der Waals surface area contributed by atoms with Crippen LogP contribution in [-0.4, -0.2) is 10.9 Å². The lowest BCUT2D eigenvalue weighted by molar-refractivity contribution is 0.0998. The molecule has 3 aromatic carbocycles. The summed E-state index contributed by atoms with van der Waals surface area (Å²) >= 11 is 6.41. The van der Waals surface area contributed by atoms with Gasteiger partial charge in [0, 0.05) is 11.1 Å². The molecule has 0 aliphatic heterocycles. The first-order valence-electron chi connectivity index (χ1n) is 9.45. The number of nitrogens with zero attached hydrogens (tertiary/aromatic N) is 1. The molecule has 5 aromatic rings. The molecule has 2 heterocycles. The summed E-state index contributed by atoms with van der Waals surface area (Å²) in [6, 6.07) is 18.4. The number of oxazole rings is 1. The third-order valence-corrected chi connectivity index (χ3v) is 5.25. The summed E-state index contributed by atoms with van der Waals surface area (Å²) < 4.78 is 11.6. The van der Waals surface area contributed by atoms with Crippen molar-refractivity contribution in [1.82, 2.24) is 4.98 Å². The van der Waals surface area contributed by atoms with E-state index in [-0.39, 0.29) is 11.7 Å². The van der Waals surface area contributed by atoms with E-state index >= 15 is 0 Å². The van der Waals surface area contributed by atoms with E-state index in [0.29, 0.717) is 27.7 Å². The predicted molar refractivity (Wildman–Crippen MR) is 118 cm³/mol. The smallest absolute Gasteiger partial charge is 0.291 e.